The normalized spacial score (nSPS) is 15.0. The summed E-state index contributed by atoms with van der Waals surface area (Å²) >= 11 is 0. The minimum Gasteiger partial charge on any atom is -0.464 e. The second kappa shape index (κ2) is 4.87. The Kier molecular flexibility index (Phi) is 3.16. The molecule has 0 saturated carbocycles. The van der Waals surface area contributed by atoms with Gasteiger partial charge in [0.1, 0.15) is 5.82 Å². The molecular formula is C15H15FN2O3. The quantitative estimate of drug-likeness (QED) is 0.797. The molecule has 6 heteroatoms. The van der Waals surface area contributed by atoms with E-state index in [1.807, 2.05) is 0 Å². The first-order chi connectivity index (χ1) is 10.0. The van der Waals surface area contributed by atoms with Gasteiger partial charge in [-0.05, 0) is 24.6 Å². The maximum Gasteiger partial charge on any atom is 0.356 e. The lowest BCUT2D eigenvalue weighted by Crippen LogP contribution is -2.26. The van der Waals surface area contributed by atoms with E-state index in [2.05, 4.69) is 0 Å². The molecule has 0 atom stereocenters. The highest BCUT2D eigenvalue weighted by Gasteiger charge is 2.31. The number of fused-ring (bicyclic) bond motifs is 1. The second-order valence-electron chi connectivity index (χ2n) is 5.06. The first kappa shape index (κ1) is 13.6. The Bertz CT molecular complexity index is 751. The molecular weight excluding hydrogens is 275 g/mol. The van der Waals surface area contributed by atoms with Gasteiger partial charge in [0.15, 0.2) is 5.69 Å². The molecule has 0 radical (unpaired) electrons. The third-order valence-electron chi connectivity index (χ3n) is 3.86. The highest BCUT2D eigenvalue weighted by atomic mass is 19.1. The largest absolute Gasteiger partial charge is 0.464 e. The van der Waals surface area contributed by atoms with Gasteiger partial charge in [0, 0.05) is 25.4 Å². The molecule has 5 nitrogen and oxygen atoms in total. The number of methoxy groups -OCH3 is 1. The summed E-state index contributed by atoms with van der Waals surface area (Å²) in [6, 6.07) is 4.28. The van der Waals surface area contributed by atoms with Crippen LogP contribution >= 0.6 is 0 Å². The van der Waals surface area contributed by atoms with Crippen LogP contribution in [0.2, 0.25) is 0 Å². The Morgan fingerprint density at radius 2 is 2.14 bits per heavy atom. The van der Waals surface area contributed by atoms with Crippen molar-refractivity contribution in [3.63, 3.8) is 0 Å². The van der Waals surface area contributed by atoms with Crippen molar-refractivity contribution >= 4 is 28.5 Å². The van der Waals surface area contributed by atoms with Crippen molar-refractivity contribution in [2.45, 2.75) is 12.8 Å². The topological polar surface area (TPSA) is 51.5 Å². The van der Waals surface area contributed by atoms with E-state index in [0.29, 0.717) is 29.6 Å². The van der Waals surface area contributed by atoms with Gasteiger partial charge in [-0.3, -0.25) is 4.79 Å². The number of nitrogens with zero attached hydrogens (tertiary/aromatic N) is 2. The molecule has 1 aromatic heterocycles. The summed E-state index contributed by atoms with van der Waals surface area (Å²) in [5.74, 6) is -1.00. The molecule has 0 aliphatic carbocycles. The molecule has 1 aromatic carbocycles. The average molecular weight is 290 g/mol. The molecule has 1 amide bonds. The maximum atomic E-state index is 13.6. The van der Waals surface area contributed by atoms with E-state index in [-0.39, 0.29) is 11.6 Å². The fourth-order valence-corrected chi connectivity index (χ4v) is 2.89. The van der Waals surface area contributed by atoms with Gasteiger partial charge in [0.2, 0.25) is 5.91 Å². The minimum atomic E-state index is -0.538. The lowest BCUT2D eigenvalue weighted by atomic mass is 10.2. The summed E-state index contributed by atoms with van der Waals surface area (Å²) in [5, 5.41) is 0.549. The van der Waals surface area contributed by atoms with Gasteiger partial charge in [0.25, 0.3) is 0 Å². The Morgan fingerprint density at radius 3 is 2.76 bits per heavy atom. The number of aryl methyl sites for hydroxylation is 1. The lowest BCUT2D eigenvalue weighted by Gasteiger charge is -2.16. The smallest absolute Gasteiger partial charge is 0.356 e. The summed E-state index contributed by atoms with van der Waals surface area (Å²) in [4.78, 5) is 25.7. The molecule has 0 unspecified atom stereocenters. The number of benzene rings is 1. The lowest BCUT2D eigenvalue weighted by molar-refractivity contribution is -0.117. The van der Waals surface area contributed by atoms with Crippen LogP contribution in [0.3, 0.4) is 0 Å². The van der Waals surface area contributed by atoms with Gasteiger partial charge < -0.3 is 14.2 Å². The third-order valence-corrected chi connectivity index (χ3v) is 3.86. The van der Waals surface area contributed by atoms with Crippen LogP contribution in [0.25, 0.3) is 10.9 Å². The SMILES string of the molecule is COC(=O)c1c(N2CCCC2=O)c2cc(F)ccc2n1C. The monoisotopic (exact) mass is 290 g/mol. The van der Waals surface area contributed by atoms with Crippen molar-refractivity contribution in [1.29, 1.82) is 0 Å². The number of carbonyl (C=O) groups excluding carboxylic acids is 2. The zero-order chi connectivity index (χ0) is 15.1. The van der Waals surface area contributed by atoms with Gasteiger partial charge >= 0.3 is 5.97 Å². The Balaban J connectivity index is 2.35. The molecule has 1 saturated heterocycles. The van der Waals surface area contributed by atoms with E-state index in [9.17, 15) is 14.0 Å². The zero-order valence-electron chi connectivity index (χ0n) is 11.9. The predicted molar refractivity (Wildman–Crippen MR) is 75.8 cm³/mol. The first-order valence-electron chi connectivity index (χ1n) is 6.71. The van der Waals surface area contributed by atoms with Crippen molar-refractivity contribution in [3.05, 3.63) is 29.7 Å². The molecule has 1 fully saturated rings. The fraction of sp³-hybridized carbons (Fsp3) is 0.333. The van der Waals surface area contributed by atoms with Gasteiger partial charge in [-0.15, -0.1) is 0 Å². The number of aromatic nitrogens is 1. The summed E-state index contributed by atoms with van der Waals surface area (Å²) < 4.78 is 20.1. The minimum absolute atomic E-state index is 0.0584. The Hall–Kier alpha value is -2.37. The molecule has 3 rings (SSSR count). The molecule has 0 N–H and O–H groups in total. The van der Waals surface area contributed by atoms with Gasteiger partial charge in [-0.25, -0.2) is 9.18 Å². The van der Waals surface area contributed by atoms with E-state index < -0.39 is 11.8 Å². The van der Waals surface area contributed by atoms with Crippen LogP contribution < -0.4 is 4.90 Å². The third kappa shape index (κ3) is 1.98. The standard InChI is InChI=1S/C15H15FN2O3/c1-17-11-6-5-9(16)8-10(11)13(14(17)15(20)21-2)18-7-3-4-12(18)19/h5-6,8H,3-4,7H2,1-2H3. The molecule has 110 valence electrons. The van der Waals surface area contributed by atoms with E-state index >= 15 is 0 Å². The highest BCUT2D eigenvalue weighted by Crippen LogP contribution is 2.36. The summed E-state index contributed by atoms with van der Waals surface area (Å²) in [5.41, 5.74) is 1.40. The van der Waals surface area contributed by atoms with Crippen LogP contribution in [0.1, 0.15) is 23.3 Å². The molecule has 21 heavy (non-hydrogen) atoms. The van der Waals surface area contributed by atoms with Gasteiger partial charge in [0.05, 0.1) is 18.3 Å². The number of ether oxygens (including phenoxy) is 1. The summed E-state index contributed by atoms with van der Waals surface area (Å²) in [7, 11) is 2.99. The summed E-state index contributed by atoms with van der Waals surface area (Å²) in [6.07, 6.45) is 1.16. The molecule has 2 heterocycles. The molecule has 1 aliphatic heterocycles. The number of esters is 1. The number of amides is 1. The van der Waals surface area contributed by atoms with E-state index in [4.69, 9.17) is 4.74 Å². The highest BCUT2D eigenvalue weighted by molar-refractivity contribution is 6.13. The van der Waals surface area contributed by atoms with Crippen molar-refractivity contribution in [2.24, 2.45) is 7.05 Å². The average Bonchev–Trinajstić information content (AvgIpc) is 2.99. The number of carbonyl (C=O) groups is 2. The van der Waals surface area contributed by atoms with Crippen LogP contribution in [0.15, 0.2) is 18.2 Å². The predicted octanol–water partition coefficient (Wildman–Crippen LogP) is 2.23. The van der Waals surface area contributed by atoms with Crippen molar-refractivity contribution in [2.75, 3.05) is 18.6 Å². The van der Waals surface area contributed by atoms with Gasteiger partial charge in [-0.1, -0.05) is 0 Å². The Morgan fingerprint density at radius 1 is 1.38 bits per heavy atom. The molecule has 1 aliphatic rings. The van der Waals surface area contributed by atoms with Crippen LogP contribution in [-0.4, -0.2) is 30.1 Å². The Labute approximate surface area is 120 Å². The molecule has 2 aromatic rings. The van der Waals surface area contributed by atoms with Crippen LogP contribution in [0.5, 0.6) is 0 Å². The maximum absolute atomic E-state index is 13.6. The van der Waals surface area contributed by atoms with Crippen LogP contribution in [0.4, 0.5) is 10.1 Å². The second-order valence-corrected chi connectivity index (χ2v) is 5.06. The number of hydrogen-bond acceptors (Lipinski definition) is 3. The molecule has 0 spiro atoms. The number of anilines is 1. The van der Waals surface area contributed by atoms with Crippen molar-refractivity contribution in [3.8, 4) is 0 Å². The van der Waals surface area contributed by atoms with Crippen molar-refractivity contribution in [1.82, 2.24) is 4.57 Å². The van der Waals surface area contributed by atoms with Gasteiger partial charge in [-0.2, -0.15) is 0 Å². The number of halogens is 1. The van der Waals surface area contributed by atoms with Crippen molar-refractivity contribution < 1.29 is 18.7 Å². The van der Waals surface area contributed by atoms with Crippen LogP contribution in [0, 0.1) is 5.82 Å². The fourth-order valence-electron chi connectivity index (χ4n) is 2.89. The van der Waals surface area contributed by atoms with E-state index in [1.54, 1.807) is 22.6 Å². The number of rotatable bonds is 2. The van der Waals surface area contributed by atoms with E-state index in [1.165, 1.54) is 19.2 Å². The molecule has 0 bridgehead atoms. The summed E-state index contributed by atoms with van der Waals surface area (Å²) in [6.45, 7) is 0.526. The number of hydrogen-bond donors (Lipinski definition) is 0. The van der Waals surface area contributed by atoms with E-state index in [0.717, 1.165) is 6.42 Å². The van der Waals surface area contributed by atoms with Crippen LogP contribution in [-0.2, 0) is 16.6 Å². The zero-order valence-corrected chi connectivity index (χ0v) is 11.9. The first-order valence-corrected chi connectivity index (χ1v) is 6.71.